The number of anilines is 1. The van der Waals surface area contributed by atoms with Crippen molar-refractivity contribution in [3.63, 3.8) is 0 Å². The molecule has 1 saturated carbocycles. The van der Waals surface area contributed by atoms with Gasteiger partial charge in [-0.05, 0) is 25.8 Å². The molecule has 1 aromatic heterocycles. The summed E-state index contributed by atoms with van der Waals surface area (Å²) in [7, 11) is 0. The van der Waals surface area contributed by atoms with Gasteiger partial charge in [0.15, 0.2) is 5.13 Å². The predicted octanol–water partition coefficient (Wildman–Crippen LogP) is 3.02. The summed E-state index contributed by atoms with van der Waals surface area (Å²) in [6.45, 7) is 7.47. The molecule has 96 valence electrons. The van der Waals surface area contributed by atoms with Crippen LogP contribution in [0.4, 0.5) is 5.13 Å². The fourth-order valence-corrected chi connectivity index (χ4v) is 2.83. The third-order valence-corrected chi connectivity index (χ3v) is 4.01. The molecule has 0 amide bonds. The van der Waals surface area contributed by atoms with Crippen molar-refractivity contribution in [1.82, 2.24) is 10.3 Å². The average molecular weight is 253 g/mol. The fourth-order valence-electron chi connectivity index (χ4n) is 1.91. The number of hydrogen-bond donors (Lipinski definition) is 1. The molecule has 0 spiro atoms. The van der Waals surface area contributed by atoms with Gasteiger partial charge >= 0.3 is 0 Å². The number of unbranched alkanes of at least 4 members (excludes halogenated alkanes) is 1. The van der Waals surface area contributed by atoms with Gasteiger partial charge in [-0.3, -0.25) is 0 Å². The van der Waals surface area contributed by atoms with E-state index in [0.717, 1.165) is 19.1 Å². The van der Waals surface area contributed by atoms with E-state index in [1.165, 1.54) is 43.1 Å². The standard InChI is InChI=1S/C13H23N3S/c1-3-5-8-16(12-6-7-12)13-15-11(10-17-13)9-14-4-2/h10,12,14H,3-9H2,1-2H3. The minimum atomic E-state index is 0.777. The molecule has 2 rings (SSSR count). The van der Waals surface area contributed by atoms with Crippen molar-refractivity contribution >= 4 is 16.5 Å². The van der Waals surface area contributed by atoms with Gasteiger partial charge in [-0.15, -0.1) is 11.3 Å². The molecule has 1 aromatic rings. The van der Waals surface area contributed by atoms with Gasteiger partial charge in [-0.25, -0.2) is 4.98 Å². The van der Waals surface area contributed by atoms with Gasteiger partial charge in [0.1, 0.15) is 0 Å². The summed E-state index contributed by atoms with van der Waals surface area (Å²) in [4.78, 5) is 7.26. The summed E-state index contributed by atoms with van der Waals surface area (Å²) in [6, 6.07) is 0.777. The highest BCUT2D eigenvalue weighted by molar-refractivity contribution is 7.13. The maximum atomic E-state index is 4.74. The Hall–Kier alpha value is -0.610. The van der Waals surface area contributed by atoms with E-state index in [4.69, 9.17) is 4.98 Å². The van der Waals surface area contributed by atoms with Crippen molar-refractivity contribution < 1.29 is 0 Å². The first-order valence-corrected chi connectivity index (χ1v) is 7.64. The number of hydrogen-bond acceptors (Lipinski definition) is 4. The van der Waals surface area contributed by atoms with Crippen molar-refractivity contribution in [2.45, 2.75) is 52.1 Å². The molecule has 1 heterocycles. The molecule has 4 heteroatoms. The van der Waals surface area contributed by atoms with Gasteiger partial charge in [0.25, 0.3) is 0 Å². The molecule has 0 aromatic carbocycles. The summed E-state index contributed by atoms with van der Waals surface area (Å²) >= 11 is 1.80. The lowest BCUT2D eigenvalue weighted by Crippen LogP contribution is -2.26. The molecule has 1 fully saturated rings. The quantitative estimate of drug-likeness (QED) is 0.772. The second-order valence-corrected chi connectivity index (χ2v) is 5.52. The maximum Gasteiger partial charge on any atom is 0.185 e. The van der Waals surface area contributed by atoms with E-state index >= 15 is 0 Å². The Balaban J connectivity index is 1.94. The SMILES string of the molecule is CCCCN(c1nc(CNCC)cs1)C1CC1. The monoisotopic (exact) mass is 253 g/mol. The number of nitrogens with zero attached hydrogens (tertiary/aromatic N) is 2. The zero-order valence-corrected chi connectivity index (χ0v) is 11.7. The largest absolute Gasteiger partial charge is 0.345 e. The van der Waals surface area contributed by atoms with Crippen LogP contribution >= 0.6 is 11.3 Å². The van der Waals surface area contributed by atoms with Crippen LogP contribution in [-0.4, -0.2) is 24.1 Å². The van der Waals surface area contributed by atoms with Crippen molar-refractivity contribution in [2.24, 2.45) is 0 Å². The molecule has 0 aliphatic heterocycles. The van der Waals surface area contributed by atoms with Crippen molar-refractivity contribution in [3.05, 3.63) is 11.1 Å². The number of thiazole rings is 1. The molecule has 1 aliphatic rings. The first-order chi connectivity index (χ1) is 8.35. The Bertz CT molecular complexity index is 333. The Morgan fingerprint density at radius 1 is 1.47 bits per heavy atom. The summed E-state index contributed by atoms with van der Waals surface area (Å²) < 4.78 is 0. The molecule has 0 atom stereocenters. The second kappa shape index (κ2) is 6.36. The van der Waals surface area contributed by atoms with Crippen LogP contribution in [0.5, 0.6) is 0 Å². The van der Waals surface area contributed by atoms with Gasteiger partial charge in [-0.1, -0.05) is 20.3 Å². The third kappa shape index (κ3) is 3.68. The molecule has 0 unspecified atom stereocenters. The molecule has 0 saturated heterocycles. The summed E-state index contributed by atoms with van der Waals surface area (Å²) in [5, 5.41) is 6.75. The van der Waals surface area contributed by atoms with E-state index in [9.17, 15) is 0 Å². The molecule has 1 N–H and O–H groups in total. The lowest BCUT2D eigenvalue weighted by molar-refractivity contribution is 0.696. The Labute approximate surface area is 108 Å². The van der Waals surface area contributed by atoms with Crippen LogP contribution in [-0.2, 0) is 6.54 Å². The average Bonchev–Trinajstić information content (AvgIpc) is 3.07. The van der Waals surface area contributed by atoms with Crippen molar-refractivity contribution in [2.75, 3.05) is 18.0 Å². The van der Waals surface area contributed by atoms with E-state index in [0.29, 0.717) is 0 Å². The maximum absolute atomic E-state index is 4.74. The topological polar surface area (TPSA) is 28.2 Å². The van der Waals surface area contributed by atoms with Gasteiger partial charge < -0.3 is 10.2 Å². The van der Waals surface area contributed by atoms with E-state index in [-0.39, 0.29) is 0 Å². The number of nitrogens with one attached hydrogen (secondary N) is 1. The zero-order valence-electron chi connectivity index (χ0n) is 10.9. The molecule has 0 radical (unpaired) electrons. The molecular formula is C13H23N3S. The van der Waals surface area contributed by atoms with Gasteiger partial charge in [0, 0.05) is 24.5 Å². The lowest BCUT2D eigenvalue weighted by Gasteiger charge is -2.20. The highest BCUT2D eigenvalue weighted by Gasteiger charge is 2.30. The Kier molecular flexibility index (Phi) is 4.80. The van der Waals surface area contributed by atoms with Crippen LogP contribution in [0.1, 0.15) is 45.2 Å². The number of rotatable bonds is 8. The van der Waals surface area contributed by atoms with E-state index in [2.05, 4.69) is 29.4 Å². The predicted molar refractivity (Wildman–Crippen MR) is 74.8 cm³/mol. The lowest BCUT2D eigenvalue weighted by atomic mass is 10.3. The smallest absolute Gasteiger partial charge is 0.185 e. The number of aromatic nitrogens is 1. The zero-order chi connectivity index (χ0) is 12.1. The fraction of sp³-hybridized carbons (Fsp3) is 0.769. The van der Waals surface area contributed by atoms with E-state index < -0.39 is 0 Å². The Morgan fingerprint density at radius 2 is 2.29 bits per heavy atom. The first kappa shape index (κ1) is 12.8. The van der Waals surface area contributed by atoms with E-state index in [1.807, 2.05) is 0 Å². The van der Waals surface area contributed by atoms with Crippen LogP contribution in [0.3, 0.4) is 0 Å². The van der Waals surface area contributed by atoms with Crippen LogP contribution in [0.25, 0.3) is 0 Å². The van der Waals surface area contributed by atoms with Crippen LogP contribution < -0.4 is 10.2 Å². The van der Waals surface area contributed by atoms with Crippen molar-refractivity contribution in [1.29, 1.82) is 0 Å². The minimum Gasteiger partial charge on any atom is -0.345 e. The summed E-state index contributed by atoms with van der Waals surface area (Å²) in [5.74, 6) is 0. The van der Waals surface area contributed by atoms with E-state index in [1.54, 1.807) is 11.3 Å². The molecule has 3 nitrogen and oxygen atoms in total. The normalized spacial score (nSPS) is 15.2. The van der Waals surface area contributed by atoms with Gasteiger partial charge in [0.05, 0.1) is 5.69 Å². The highest BCUT2D eigenvalue weighted by Crippen LogP contribution is 2.33. The van der Waals surface area contributed by atoms with Crippen LogP contribution in [0.2, 0.25) is 0 Å². The van der Waals surface area contributed by atoms with Gasteiger partial charge in [-0.2, -0.15) is 0 Å². The summed E-state index contributed by atoms with van der Waals surface area (Å²) in [5.41, 5.74) is 1.19. The minimum absolute atomic E-state index is 0.777. The van der Waals surface area contributed by atoms with Crippen LogP contribution in [0, 0.1) is 0 Å². The van der Waals surface area contributed by atoms with Crippen molar-refractivity contribution in [3.8, 4) is 0 Å². The second-order valence-electron chi connectivity index (χ2n) is 4.68. The molecule has 0 bridgehead atoms. The van der Waals surface area contributed by atoms with Gasteiger partial charge in [0.2, 0.25) is 0 Å². The first-order valence-electron chi connectivity index (χ1n) is 6.77. The third-order valence-electron chi connectivity index (χ3n) is 3.08. The molecular weight excluding hydrogens is 230 g/mol. The molecule has 1 aliphatic carbocycles. The Morgan fingerprint density at radius 3 is 2.94 bits per heavy atom. The molecule has 17 heavy (non-hydrogen) atoms. The van der Waals surface area contributed by atoms with Crippen LogP contribution in [0.15, 0.2) is 5.38 Å². The highest BCUT2D eigenvalue weighted by atomic mass is 32.1. The summed E-state index contributed by atoms with van der Waals surface area (Å²) in [6.07, 6.45) is 5.25.